The van der Waals surface area contributed by atoms with E-state index < -0.39 is 33.0 Å². The highest BCUT2D eigenvalue weighted by Gasteiger charge is 2.23. The van der Waals surface area contributed by atoms with Gasteiger partial charge in [0.05, 0.1) is 9.95 Å². The molecule has 0 aliphatic heterocycles. The zero-order valence-corrected chi connectivity index (χ0v) is 6.68. The lowest BCUT2D eigenvalue weighted by Gasteiger charge is -1.99. The van der Waals surface area contributed by atoms with Gasteiger partial charge in [0.15, 0.2) is 5.82 Å². The monoisotopic (exact) mass is 209 g/mol. The van der Waals surface area contributed by atoms with Crippen LogP contribution in [0.5, 0.6) is 5.75 Å². The van der Waals surface area contributed by atoms with E-state index in [1.54, 1.807) is 0 Å². The fraction of sp³-hybridized carbons (Fsp3) is 0. The molecule has 0 atom stereocenters. The molecule has 1 rings (SSSR count). The lowest BCUT2D eigenvalue weighted by Crippen LogP contribution is -1.94. The van der Waals surface area contributed by atoms with Crippen LogP contribution >= 0.6 is 11.6 Å². The summed E-state index contributed by atoms with van der Waals surface area (Å²) in [7, 11) is 0. The van der Waals surface area contributed by atoms with Crippen LogP contribution in [0.25, 0.3) is 0 Å². The van der Waals surface area contributed by atoms with E-state index in [1.807, 2.05) is 0 Å². The molecule has 0 saturated heterocycles. The van der Waals surface area contributed by atoms with Crippen molar-refractivity contribution >= 4 is 17.3 Å². The lowest BCUT2D eigenvalue weighted by atomic mass is 10.3. The van der Waals surface area contributed by atoms with Crippen LogP contribution in [-0.2, 0) is 0 Å². The van der Waals surface area contributed by atoms with E-state index in [2.05, 4.69) is 0 Å². The molecule has 0 amide bonds. The fourth-order valence-electron chi connectivity index (χ4n) is 0.712. The van der Waals surface area contributed by atoms with Gasteiger partial charge in [0.25, 0.3) is 0 Å². The average molecular weight is 210 g/mol. The van der Waals surface area contributed by atoms with Gasteiger partial charge in [0.1, 0.15) is 0 Å². The van der Waals surface area contributed by atoms with Crippen molar-refractivity contribution in [1.82, 2.24) is 0 Å². The maximum Gasteiger partial charge on any atom is 0.315 e. The molecule has 0 aliphatic carbocycles. The summed E-state index contributed by atoms with van der Waals surface area (Å²) in [4.78, 5) is 9.07. The number of hydrogen-bond donors (Lipinski definition) is 1. The summed E-state index contributed by atoms with van der Waals surface area (Å²) in [5.41, 5.74) is -0.969. The Balaban J connectivity index is 3.50. The zero-order valence-electron chi connectivity index (χ0n) is 5.92. The minimum atomic E-state index is -1.72. The largest absolute Gasteiger partial charge is 0.500 e. The maximum absolute atomic E-state index is 12.6. The minimum Gasteiger partial charge on any atom is -0.500 e. The van der Waals surface area contributed by atoms with Crippen molar-refractivity contribution in [3.05, 3.63) is 32.8 Å². The summed E-state index contributed by atoms with van der Waals surface area (Å²) in [5, 5.41) is 18.1. The average Bonchev–Trinajstić information content (AvgIpc) is 2.07. The van der Waals surface area contributed by atoms with Gasteiger partial charge in [-0.1, -0.05) is 11.6 Å². The molecule has 0 spiro atoms. The normalized spacial score (nSPS) is 10.1. The second-order valence-corrected chi connectivity index (χ2v) is 2.52. The molecule has 13 heavy (non-hydrogen) atoms. The molecule has 7 heteroatoms. The van der Waals surface area contributed by atoms with Gasteiger partial charge in [-0.25, -0.2) is 4.39 Å². The Morgan fingerprint density at radius 2 is 2.00 bits per heavy atom. The van der Waals surface area contributed by atoms with Crippen LogP contribution < -0.4 is 0 Å². The molecule has 4 nitrogen and oxygen atoms in total. The van der Waals surface area contributed by atoms with E-state index in [0.29, 0.717) is 6.07 Å². The number of aromatic hydroxyl groups is 1. The molecule has 1 N–H and O–H groups in total. The number of benzene rings is 1. The maximum atomic E-state index is 12.6. The molecule has 0 aliphatic rings. The number of rotatable bonds is 1. The summed E-state index contributed by atoms with van der Waals surface area (Å²) in [6.45, 7) is 0. The number of halogens is 3. The van der Waals surface area contributed by atoms with Gasteiger partial charge in [-0.2, -0.15) is 4.39 Å². The van der Waals surface area contributed by atoms with E-state index in [4.69, 9.17) is 16.7 Å². The van der Waals surface area contributed by atoms with Gasteiger partial charge in [0.2, 0.25) is 11.6 Å². The first-order valence-electron chi connectivity index (χ1n) is 2.96. The van der Waals surface area contributed by atoms with Crippen LogP contribution in [-0.4, -0.2) is 10.0 Å². The Morgan fingerprint density at radius 1 is 1.46 bits per heavy atom. The molecular formula is C6H2ClF2NO3. The second-order valence-electron chi connectivity index (χ2n) is 2.11. The van der Waals surface area contributed by atoms with E-state index in [-0.39, 0.29) is 0 Å². The van der Waals surface area contributed by atoms with Crippen molar-refractivity contribution in [2.24, 2.45) is 0 Å². The van der Waals surface area contributed by atoms with Crippen molar-refractivity contribution in [1.29, 1.82) is 0 Å². The highest BCUT2D eigenvalue weighted by Crippen LogP contribution is 2.34. The number of hydrogen-bond acceptors (Lipinski definition) is 3. The Labute approximate surface area is 75.5 Å². The Kier molecular flexibility index (Phi) is 2.33. The van der Waals surface area contributed by atoms with E-state index >= 15 is 0 Å². The van der Waals surface area contributed by atoms with Crippen LogP contribution in [0.15, 0.2) is 6.07 Å². The van der Waals surface area contributed by atoms with Crippen LogP contribution in [0, 0.1) is 21.7 Å². The number of nitrogens with zero attached hydrogens (tertiary/aromatic N) is 1. The summed E-state index contributed by atoms with van der Waals surface area (Å²) in [5.74, 6) is -4.59. The van der Waals surface area contributed by atoms with E-state index in [1.165, 1.54) is 0 Å². The first-order valence-corrected chi connectivity index (χ1v) is 3.33. The van der Waals surface area contributed by atoms with Crippen molar-refractivity contribution in [3.63, 3.8) is 0 Å². The number of phenols is 1. The van der Waals surface area contributed by atoms with Crippen molar-refractivity contribution in [2.75, 3.05) is 0 Å². The third-order valence-electron chi connectivity index (χ3n) is 1.31. The minimum absolute atomic E-state index is 0.537. The molecule has 0 saturated carbocycles. The third-order valence-corrected chi connectivity index (χ3v) is 1.59. The summed E-state index contributed by atoms with van der Waals surface area (Å²) < 4.78 is 25.1. The predicted octanol–water partition coefficient (Wildman–Crippen LogP) is 2.23. The first-order chi connectivity index (χ1) is 5.95. The van der Waals surface area contributed by atoms with Crippen molar-refractivity contribution in [2.45, 2.75) is 0 Å². The predicted molar refractivity (Wildman–Crippen MR) is 39.7 cm³/mol. The molecule has 0 fully saturated rings. The molecular weight excluding hydrogens is 208 g/mol. The van der Waals surface area contributed by atoms with Gasteiger partial charge in [-0.05, 0) is 0 Å². The van der Waals surface area contributed by atoms with Crippen LogP contribution in [0.1, 0.15) is 0 Å². The standard InChI is InChI=1S/C6H2ClF2NO3/c7-2-1-3(10(12)13)6(11)5(9)4(2)8/h1,11H. The Bertz CT molecular complexity index is 383. The highest BCUT2D eigenvalue weighted by atomic mass is 35.5. The second kappa shape index (κ2) is 3.14. The quantitative estimate of drug-likeness (QED) is 0.438. The number of nitro benzene ring substituents is 1. The molecule has 0 unspecified atom stereocenters. The Hall–Kier alpha value is -1.43. The topological polar surface area (TPSA) is 63.4 Å². The number of nitro groups is 1. The fourth-order valence-corrected chi connectivity index (χ4v) is 0.898. The van der Waals surface area contributed by atoms with Crippen molar-refractivity contribution < 1.29 is 18.8 Å². The van der Waals surface area contributed by atoms with Gasteiger partial charge in [0, 0.05) is 6.07 Å². The van der Waals surface area contributed by atoms with Crippen LogP contribution in [0.4, 0.5) is 14.5 Å². The molecule has 0 aromatic heterocycles. The smallest absolute Gasteiger partial charge is 0.315 e. The lowest BCUT2D eigenvalue weighted by molar-refractivity contribution is -0.386. The zero-order chi connectivity index (χ0) is 10.2. The summed E-state index contributed by atoms with van der Waals surface area (Å²) >= 11 is 5.10. The molecule has 0 bridgehead atoms. The molecule has 0 radical (unpaired) electrons. The van der Waals surface area contributed by atoms with Crippen LogP contribution in [0.2, 0.25) is 5.02 Å². The molecule has 1 aromatic rings. The molecule has 1 aromatic carbocycles. The van der Waals surface area contributed by atoms with Gasteiger partial charge in [-0.3, -0.25) is 10.1 Å². The van der Waals surface area contributed by atoms with E-state index in [0.717, 1.165) is 0 Å². The van der Waals surface area contributed by atoms with Crippen molar-refractivity contribution in [3.8, 4) is 5.75 Å². The SMILES string of the molecule is O=[N+]([O-])c1cc(Cl)c(F)c(F)c1O. The van der Waals surface area contributed by atoms with Crippen LogP contribution in [0.3, 0.4) is 0 Å². The third kappa shape index (κ3) is 1.52. The van der Waals surface area contributed by atoms with Gasteiger partial charge >= 0.3 is 5.69 Å². The number of phenolic OH excluding ortho intramolecular Hbond substituents is 1. The Morgan fingerprint density at radius 3 is 2.46 bits per heavy atom. The summed E-state index contributed by atoms with van der Waals surface area (Å²) in [6.07, 6.45) is 0. The summed E-state index contributed by atoms with van der Waals surface area (Å²) in [6, 6.07) is 0.537. The first kappa shape index (κ1) is 9.66. The molecule has 0 heterocycles. The van der Waals surface area contributed by atoms with E-state index in [9.17, 15) is 18.9 Å². The van der Waals surface area contributed by atoms with Gasteiger partial charge < -0.3 is 5.11 Å². The highest BCUT2D eigenvalue weighted by molar-refractivity contribution is 6.31. The van der Waals surface area contributed by atoms with Gasteiger partial charge in [-0.15, -0.1) is 0 Å². The molecule has 70 valence electrons.